The summed E-state index contributed by atoms with van der Waals surface area (Å²) in [5, 5.41) is 11.2. The van der Waals surface area contributed by atoms with Crippen LogP contribution in [-0.4, -0.2) is 16.7 Å². The third kappa shape index (κ3) is 1.95. The van der Waals surface area contributed by atoms with Crippen molar-refractivity contribution in [3.8, 4) is 11.1 Å². The predicted octanol–water partition coefficient (Wildman–Crippen LogP) is 3.12. The van der Waals surface area contributed by atoms with Gasteiger partial charge < -0.3 is 5.32 Å². The Kier molecular flexibility index (Phi) is 2.92. The molecule has 0 spiro atoms. The van der Waals surface area contributed by atoms with Crippen molar-refractivity contribution in [3.05, 3.63) is 41.2 Å². The van der Waals surface area contributed by atoms with E-state index in [4.69, 9.17) is 0 Å². The number of aryl methyl sites for hydroxylation is 2. The Morgan fingerprint density at radius 3 is 2.61 bits per heavy atom. The van der Waals surface area contributed by atoms with Crippen LogP contribution in [0, 0.1) is 13.8 Å². The van der Waals surface area contributed by atoms with Crippen LogP contribution in [0.5, 0.6) is 0 Å². The van der Waals surface area contributed by atoms with E-state index in [0.717, 1.165) is 12.2 Å². The molecule has 3 heteroatoms. The molecule has 18 heavy (non-hydrogen) atoms. The first-order valence-electron chi connectivity index (χ1n) is 6.61. The normalized spacial score (nSPS) is 19.3. The molecule has 1 saturated heterocycles. The maximum Gasteiger partial charge on any atom is 0.0872 e. The Balaban J connectivity index is 2.04. The molecule has 2 N–H and O–H groups in total. The second kappa shape index (κ2) is 4.58. The van der Waals surface area contributed by atoms with Gasteiger partial charge in [-0.1, -0.05) is 29.8 Å². The van der Waals surface area contributed by atoms with Gasteiger partial charge in [0.25, 0.3) is 0 Å². The number of hydrogen-bond donors (Lipinski definition) is 2. The summed E-state index contributed by atoms with van der Waals surface area (Å²) >= 11 is 0. The SMILES string of the molecule is Cc1ccc(-c2c(C3CCCN3)n[nH]c2C)cc1. The average molecular weight is 241 g/mol. The zero-order valence-corrected chi connectivity index (χ0v) is 11.0. The minimum atomic E-state index is 0.409. The third-order valence-electron chi connectivity index (χ3n) is 3.71. The van der Waals surface area contributed by atoms with E-state index < -0.39 is 0 Å². The number of aromatic amines is 1. The van der Waals surface area contributed by atoms with Crippen LogP contribution in [0.4, 0.5) is 0 Å². The largest absolute Gasteiger partial charge is 0.309 e. The monoisotopic (exact) mass is 241 g/mol. The molecule has 0 radical (unpaired) electrons. The highest BCUT2D eigenvalue weighted by atomic mass is 15.1. The van der Waals surface area contributed by atoms with Gasteiger partial charge in [0.05, 0.1) is 11.7 Å². The van der Waals surface area contributed by atoms with Crippen molar-refractivity contribution in [1.29, 1.82) is 0 Å². The summed E-state index contributed by atoms with van der Waals surface area (Å²) in [6.07, 6.45) is 2.42. The second-order valence-corrected chi connectivity index (χ2v) is 5.12. The summed E-state index contributed by atoms with van der Waals surface area (Å²) in [4.78, 5) is 0. The van der Waals surface area contributed by atoms with E-state index >= 15 is 0 Å². The molecule has 1 aromatic heterocycles. The molecule has 0 amide bonds. The lowest BCUT2D eigenvalue weighted by molar-refractivity contribution is 0.626. The summed E-state index contributed by atoms with van der Waals surface area (Å²) in [6.45, 7) is 5.32. The Hall–Kier alpha value is -1.61. The molecule has 3 nitrogen and oxygen atoms in total. The van der Waals surface area contributed by atoms with Crippen LogP contribution in [0.15, 0.2) is 24.3 Å². The van der Waals surface area contributed by atoms with Gasteiger partial charge in [-0.25, -0.2) is 0 Å². The van der Waals surface area contributed by atoms with Crippen molar-refractivity contribution in [1.82, 2.24) is 15.5 Å². The molecular formula is C15H19N3. The number of hydrogen-bond acceptors (Lipinski definition) is 2. The van der Waals surface area contributed by atoms with Gasteiger partial charge in [-0.05, 0) is 38.8 Å². The zero-order valence-electron chi connectivity index (χ0n) is 11.0. The second-order valence-electron chi connectivity index (χ2n) is 5.12. The first-order chi connectivity index (χ1) is 8.75. The smallest absolute Gasteiger partial charge is 0.0872 e. The van der Waals surface area contributed by atoms with Crippen molar-refractivity contribution in [2.45, 2.75) is 32.7 Å². The molecule has 2 heterocycles. The lowest BCUT2D eigenvalue weighted by Gasteiger charge is -2.10. The van der Waals surface area contributed by atoms with Crippen LogP contribution in [0.3, 0.4) is 0 Å². The van der Waals surface area contributed by atoms with Crippen LogP contribution in [-0.2, 0) is 0 Å². The van der Waals surface area contributed by atoms with Crippen molar-refractivity contribution in [2.24, 2.45) is 0 Å². The topological polar surface area (TPSA) is 40.7 Å². The van der Waals surface area contributed by atoms with E-state index in [-0.39, 0.29) is 0 Å². The van der Waals surface area contributed by atoms with E-state index in [9.17, 15) is 0 Å². The first-order valence-corrected chi connectivity index (χ1v) is 6.61. The molecule has 94 valence electrons. The van der Waals surface area contributed by atoms with E-state index in [1.165, 1.54) is 35.2 Å². The van der Waals surface area contributed by atoms with Crippen LogP contribution in [0.1, 0.15) is 35.8 Å². The Morgan fingerprint density at radius 2 is 1.94 bits per heavy atom. The Bertz CT molecular complexity index is 533. The average Bonchev–Trinajstić information content (AvgIpc) is 2.99. The quantitative estimate of drug-likeness (QED) is 0.848. The van der Waals surface area contributed by atoms with Gasteiger partial charge in [0.15, 0.2) is 0 Å². The molecule has 0 saturated carbocycles. The van der Waals surface area contributed by atoms with E-state index in [0.29, 0.717) is 6.04 Å². The number of H-pyrrole nitrogens is 1. The molecule has 1 aliphatic heterocycles. The minimum Gasteiger partial charge on any atom is -0.309 e. The fourth-order valence-electron chi connectivity index (χ4n) is 2.70. The Labute approximate surface area is 108 Å². The maximum absolute atomic E-state index is 4.51. The van der Waals surface area contributed by atoms with Gasteiger partial charge in [0.2, 0.25) is 0 Å². The highest BCUT2D eigenvalue weighted by molar-refractivity contribution is 5.69. The molecule has 1 fully saturated rings. The number of rotatable bonds is 2. The van der Waals surface area contributed by atoms with Crippen molar-refractivity contribution >= 4 is 0 Å². The number of aromatic nitrogens is 2. The van der Waals surface area contributed by atoms with Gasteiger partial charge in [-0.3, -0.25) is 5.10 Å². The summed E-state index contributed by atoms with van der Waals surface area (Å²) in [5.41, 5.74) is 6.15. The van der Waals surface area contributed by atoms with E-state index in [1.54, 1.807) is 0 Å². The van der Waals surface area contributed by atoms with Crippen molar-refractivity contribution in [3.63, 3.8) is 0 Å². The highest BCUT2D eigenvalue weighted by Gasteiger charge is 2.23. The number of nitrogens with one attached hydrogen (secondary N) is 2. The number of benzene rings is 1. The predicted molar refractivity (Wildman–Crippen MR) is 73.5 cm³/mol. The van der Waals surface area contributed by atoms with Crippen LogP contribution < -0.4 is 5.32 Å². The molecule has 0 aliphatic carbocycles. The standard InChI is InChI=1S/C15H19N3/c1-10-5-7-12(8-6-10)14-11(2)17-18-15(14)13-4-3-9-16-13/h5-8,13,16H,3-4,9H2,1-2H3,(H,17,18). The van der Waals surface area contributed by atoms with Crippen LogP contribution in [0.25, 0.3) is 11.1 Å². The van der Waals surface area contributed by atoms with Gasteiger partial charge in [-0.15, -0.1) is 0 Å². The van der Waals surface area contributed by atoms with Gasteiger partial charge >= 0.3 is 0 Å². The van der Waals surface area contributed by atoms with Gasteiger partial charge in [-0.2, -0.15) is 5.10 Å². The fraction of sp³-hybridized carbons (Fsp3) is 0.400. The van der Waals surface area contributed by atoms with E-state index in [2.05, 4.69) is 53.6 Å². The first kappa shape index (κ1) is 11.5. The summed E-state index contributed by atoms with van der Waals surface area (Å²) in [6, 6.07) is 9.10. The molecule has 1 aromatic carbocycles. The molecule has 2 aromatic rings. The third-order valence-corrected chi connectivity index (χ3v) is 3.71. The number of nitrogens with zero attached hydrogens (tertiary/aromatic N) is 1. The van der Waals surface area contributed by atoms with Crippen molar-refractivity contribution in [2.75, 3.05) is 6.54 Å². The molecular weight excluding hydrogens is 222 g/mol. The van der Waals surface area contributed by atoms with Crippen LogP contribution >= 0.6 is 0 Å². The molecule has 1 unspecified atom stereocenters. The molecule has 1 atom stereocenters. The fourth-order valence-corrected chi connectivity index (χ4v) is 2.70. The molecule has 1 aliphatic rings. The van der Waals surface area contributed by atoms with E-state index in [1.807, 2.05) is 0 Å². The Morgan fingerprint density at radius 1 is 1.17 bits per heavy atom. The summed E-state index contributed by atoms with van der Waals surface area (Å²) < 4.78 is 0. The maximum atomic E-state index is 4.51. The molecule has 0 bridgehead atoms. The highest BCUT2D eigenvalue weighted by Crippen LogP contribution is 2.33. The van der Waals surface area contributed by atoms with Gasteiger partial charge in [0.1, 0.15) is 0 Å². The molecule has 3 rings (SSSR count). The summed E-state index contributed by atoms with van der Waals surface area (Å²) in [5.74, 6) is 0. The lowest BCUT2D eigenvalue weighted by Crippen LogP contribution is -2.14. The summed E-state index contributed by atoms with van der Waals surface area (Å²) in [7, 11) is 0. The minimum absolute atomic E-state index is 0.409. The lowest BCUT2D eigenvalue weighted by atomic mass is 9.98. The zero-order chi connectivity index (χ0) is 12.5. The van der Waals surface area contributed by atoms with Crippen LogP contribution in [0.2, 0.25) is 0 Å². The van der Waals surface area contributed by atoms with Gasteiger partial charge in [0, 0.05) is 11.3 Å². The van der Waals surface area contributed by atoms with Crippen molar-refractivity contribution < 1.29 is 0 Å².